The first-order valence-electron chi connectivity index (χ1n) is 29.4. The van der Waals surface area contributed by atoms with E-state index < -0.39 is 41.5 Å². The predicted octanol–water partition coefficient (Wildman–Crippen LogP) is 12.1. The van der Waals surface area contributed by atoms with Gasteiger partial charge < -0.3 is 77.0 Å². The number of aliphatic hydroxyl groups is 3. The molecule has 4 fully saturated rings. The fourth-order valence-corrected chi connectivity index (χ4v) is 9.68. The van der Waals surface area contributed by atoms with Crippen LogP contribution in [0.2, 0.25) is 0 Å². The molecule has 0 amide bonds. The number of hydrogen-bond donors (Lipinski definition) is 3. The van der Waals surface area contributed by atoms with Crippen LogP contribution in [-0.4, -0.2) is 143 Å². The Hall–Kier alpha value is -4.00. The lowest BCUT2D eigenvalue weighted by atomic mass is 9.96. The van der Waals surface area contributed by atoms with Gasteiger partial charge in [0.15, 0.2) is 29.4 Å². The van der Waals surface area contributed by atoms with Crippen molar-refractivity contribution in [2.75, 3.05) is 25.3 Å². The number of benzene rings is 2. The highest BCUT2D eigenvalue weighted by Crippen LogP contribution is 2.36. The Labute approximate surface area is 523 Å². The quantitative estimate of drug-likeness (QED) is 0.0265. The zero-order chi connectivity index (χ0) is 63.8. The van der Waals surface area contributed by atoms with Crippen molar-refractivity contribution in [3.63, 3.8) is 0 Å². The SMILES string of the molecule is C#CC[C@@H](C)O.C=CC[C@@H]1OC(C)(C)O[C@@H]1C(O)C#CC[C@@H](C)OCc1ccc(OC)cc1.C=CC[C@@H]1OC(C)(C)O[C@@H]1C=O.C=CC[C@@H]1OC(C)(C)O[C@@H]1CO.COc1ccc(CO[C@H](C)C/C=C\C(C)[C@H]2OC(C)(C)O[C@H]2CCCI)cc1. The average Bonchev–Trinajstić information content (AvgIpc) is 3.27. The van der Waals surface area contributed by atoms with E-state index in [0.29, 0.717) is 51.2 Å². The van der Waals surface area contributed by atoms with Crippen LogP contribution < -0.4 is 9.47 Å². The molecular formula is C68H103IO16. The van der Waals surface area contributed by atoms with E-state index in [-0.39, 0.29) is 61.5 Å². The minimum absolute atomic E-state index is 0.00192. The molecule has 2 unspecified atom stereocenters. The molecule has 2 aromatic rings. The fraction of sp³-hybridized carbons (Fsp3) is 0.632. The van der Waals surface area contributed by atoms with Crippen molar-refractivity contribution in [1.29, 1.82) is 0 Å². The van der Waals surface area contributed by atoms with Crippen LogP contribution in [0.25, 0.3) is 0 Å². The van der Waals surface area contributed by atoms with Gasteiger partial charge in [-0.1, -0.05) is 96.0 Å². The molecule has 478 valence electrons. The van der Waals surface area contributed by atoms with Crippen molar-refractivity contribution in [2.24, 2.45) is 5.92 Å². The van der Waals surface area contributed by atoms with Crippen LogP contribution >= 0.6 is 22.6 Å². The molecule has 85 heavy (non-hydrogen) atoms. The molecule has 0 spiro atoms. The third-order valence-electron chi connectivity index (χ3n) is 13.3. The molecule has 0 aromatic heterocycles. The van der Waals surface area contributed by atoms with Gasteiger partial charge in [0.25, 0.3) is 0 Å². The molecule has 3 N–H and O–H groups in total. The second kappa shape index (κ2) is 39.8. The molecule has 0 bridgehead atoms. The molecule has 4 aliphatic rings. The first-order chi connectivity index (χ1) is 40.1. The largest absolute Gasteiger partial charge is 0.497 e. The highest BCUT2D eigenvalue weighted by atomic mass is 127. The van der Waals surface area contributed by atoms with Gasteiger partial charge in [-0.05, 0) is 155 Å². The monoisotopic (exact) mass is 1300 g/mol. The normalized spacial score (nSPS) is 25.5. The summed E-state index contributed by atoms with van der Waals surface area (Å²) in [5, 5.41) is 27.7. The van der Waals surface area contributed by atoms with E-state index in [4.69, 9.17) is 73.5 Å². The van der Waals surface area contributed by atoms with Crippen LogP contribution in [0.4, 0.5) is 0 Å². The molecule has 0 radical (unpaired) electrons. The fourth-order valence-electron chi connectivity index (χ4n) is 9.24. The lowest BCUT2D eigenvalue weighted by Crippen LogP contribution is -2.34. The predicted molar refractivity (Wildman–Crippen MR) is 342 cm³/mol. The van der Waals surface area contributed by atoms with E-state index >= 15 is 0 Å². The van der Waals surface area contributed by atoms with Gasteiger partial charge in [0.2, 0.25) is 0 Å². The lowest BCUT2D eigenvalue weighted by molar-refractivity contribution is -0.152. The van der Waals surface area contributed by atoms with E-state index in [1.807, 2.05) is 97.0 Å². The number of halogens is 1. The zero-order valence-corrected chi connectivity index (χ0v) is 55.5. The summed E-state index contributed by atoms with van der Waals surface area (Å²) < 4.78 is 68.9. The van der Waals surface area contributed by atoms with Crippen molar-refractivity contribution < 1.29 is 77.0 Å². The van der Waals surface area contributed by atoms with Gasteiger partial charge in [0.05, 0.1) is 82.9 Å². The third kappa shape index (κ3) is 30.7. The Morgan fingerprint density at radius 2 is 1.09 bits per heavy atom. The Morgan fingerprint density at radius 3 is 1.58 bits per heavy atom. The highest BCUT2D eigenvalue weighted by Gasteiger charge is 2.45. The number of carbonyl (C=O) groups is 1. The number of aldehydes is 1. The number of ether oxygens (including phenoxy) is 12. The number of alkyl halides is 1. The summed E-state index contributed by atoms with van der Waals surface area (Å²) in [4.78, 5) is 10.5. The molecule has 4 aliphatic heterocycles. The summed E-state index contributed by atoms with van der Waals surface area (Å²) in [6, 6.07) is 15.8. The molecule has 17 heteroatoms. The summed E-state index contributed by atoms with van der Waals surface area (Å²) in [6.07, 6.45) is 18.9. The molecule has 0 saturated carbocycles. The number of terminal acetylenes is 1. The summed E-state index contributed by atoms with van der Waals surface area (Å²) in [6.45, 7) is 35.0. The topological polar surface area (TPSA) is 189 Å². The summed E-state index contributed by atoms with van der Waals surface area (Å²) in [5.41, 5.74) is 2.23. The van der Waals surface area contributed by atoms with E-state index in [0.717, 1.165) is 52.6 Å². The smallest absolute Gasteiger partial charge is 0.164 e. The Balaban J connectivity index is 0.000000397. The van der Waals surface area contributed by atoms with Crippen molar-refractivity contribution in [2.45, 2.75) is 244 Å². The van der Waals surface area contributed by atoms with Crippen LogP contribution in [0.15, 0.2) is 98.6 Å². The maximum absolute atomic E-state index is 10.5. The summed E-state index contributed by atoms with van der Waals surface area (Å²) in [7, 11) is 3.32. The minimum atomic E-state index is -0.912. The standard InChI is InChI=1S/C23H35IO4.C22H30O5.C9H16O3.C9H14O3.C5H8O/c1-17(22-21(10-7-15-24)27-23(3,4)28-22)8-6-9-18(2)26-16-19-11-13-20(25-5)14-12-19;1-6-8-20-21(27-22(3,4)26-20)19(23)10-7-9-16(2)25-15-17-11-13-18(24-5)14-12-17;2*1-4-5-7-8(6-10)12-9(2,3)11-7;1-3-4-5(2)6/h6,8,11-14,17-18,21-22H,7,9-10,15-16H2,1-5H3;6,11-14,16,19-21,23H,1,8-9,15H2,2-5H3;4,7-8,10H,1,5-6H2,2-3H3;4,6-8H,1,5H2,2-3H3;1,5-6H,4H2,2H3/b8-6-;;;;/t17?,18-,21+,22-;16-,19?,20+,21-;2*7-,8+;5-/m11001/s1. The van der Waals surface area contributed by atoms with Crippen molar-refractivity contribution in [1.82, 2.24) is 0 Å². The van der Waals surface area contributed by atoms with Crippen LogP contribution in [0.1, 0.15) is 146 Å². The lowest BCUT2D eigenvalue weighted by Gasteiger charge is -2.21. The number of hydrogen-bond acceptors (Lipinski definition) is 16. The van der Waals surface area contributed by atoms with Crippen LogP contribution in [-0.2, 0) is 65.4 Å². The third-order valence-corrected chi connectivity index (χ3v) is 14.0. The molecule has 16 nitrogen and oxygen atoms in total. The molecule has 4 heterocycles. The number of rotatable bonds is 26. The van der Waals surface area contributed by atoms with Crippen molar-refractivity contribution in [3.8, 4) is 35.7 Å². The first-order valence-corrected chi connectivity index (χ1v) is 31.0. The Kier molecular flexibility index (Phi) is 36.1. The zero-order valence-electron chi connectivity index (χ0n) is 53.3. The number of methoxy groups -OCH3 is 2. The first kappa shape index (κ1) is 77.1. The minimum Gasteiger partial charge on any atom is -0.497 e. The Morgan fingerprint density at radius 1 is 0.635 bits per heavy atom. The molecule has 2 aromatic carbocycles. The van der Waals surface area contributed by atoms with E-state index in [2.05, 4.69) is 86.1 Å². The molecular weight excluding hydrogens is 1200 g/mol. The maximum atomic E-state index is 10.5. The van der Waals surface area contributed by atoms with E-state index in [1.165, 1.54) is 0 Å². The van der Waals surface area contributed by atoms with Gasteiger partial charge in [0.1, 0.15) is 35.9 Å². The van der Waals surface area contributed by atoms with Crippen molar-refractivity contribution >= 4 is 28.9 Å². The molecule has 13 atom stereocenters. The number of carbonyl (C=O) groups excluding carboxylic acids is 1. The van der Waals surface area contributed by atoms with Gasteiger partial charge >= 0.3 is 0 Å². The second-order valence-corrected chi connectivity index (χ2v) is 24.1. The summed E-state index contributed by atoms with van der Waals surface area (Å²) >= 11 is 2.42. The molecule has 0 aliphatic carbocycles. The van der Waals surface area contributed by atoms with Crippen molar-refractivity contribution in [3.05, 3.63) is 110 Å². The second-order valence-electron chi connectivity index (χ2n) is 23.0. The number of aliphatic hydroxyl groups excluding tert-OH is 3. The van der Waals surface area contributed by atoms with E-state index in [1.54, 1.807) is 53.2 Å². The Bertz CT molecular complexity index is 2330. The van der Waals surface area contributed by atoms with Gasteiger partial charge in [-0.15, -0.1) is 32.1 Å². The molecule has 6 rings (SSSR count). The maximum Gasteiger partial charge on any atom is 0.164 e. The highest BCUT2D eigenvalue weighted by molar-refractivity contribution is 14.1. The van der Waals surface area contributed by atoms with Crippen LogP contribution in [0.5, 0.6) is 11.5 Å². The molecule has 4 saturated heterocycles. The van der Waals surface area contributed by atoms with Crippen LogP contribution in [0.3, 0.4) is 0 Å². The summed E-state index contributed by atoms with van der Waals surface area (Å²) in [5.74, 6) is 7.76. The average molecular weight is 1300 g/mol. The van der Waals surface area contributed by atoms with E-state index in [9.17, 15) is 9.90 Å². The van der Waals surface area contributed by atoms with Gasteiger partial charge in [0, 0.05) is 18.8 Å². The van der Waals surface area contributed by atoms with Crippen LogP contribution in [0, 0.1) is 30.1 Å². The van der Waals surface area contributed by atoms with Gasteiger partial charge in [-0.2, -0.15) is 0 Å². The van der Waals surface area contributed by atoms with Gasteiger partial charge in [-0.25, -0.2) is 0 Å². The van der Waals surface area contributed by atoms with Gasteiger partial charge in [-0.3, -0.25) is 0 Å².